The van der Waals surface area contributed by atoms with Gasteiger partial charge >= 0.3 is 0 Å². The third kappa shape index (κ3) is 3.59. The predicted molar refractivity (Wildman–Crippen MR) is 112 cm³/mol. The van der Waals surface area contributed by atoms with Gasteiger partial charge in [-0.2, -0.15) is 0 Å². The summed E-state index contributed by atoms with van der Waals surface area (Å²) in [6.45, 7) is 7.80. The average molecular weight is 380 g/mol. The van der Waals surface area contributed by atoms with Gasteiger partial charge < -0.3 is 15.5 Å². The molecule has 3 rings (SSSR count). The van der Waals surface area contributed by atoms with Crippen LogP contribution in [0.3, 0.4) is 0 Å². The van der Waals surface area contributed by atoms with E-state index in [0.717, 1.165) is 29.2 Å². The van der Waals surface area contributed by atoms with Crippen molar-refractivity contribution in [2.75, 3.05) is 17.3 Å². The van der Waals surface area contributed by atoms with Crippen LogP contribution in [0.5, 0.6) is 0 Å². The normalized spacial score (nSPS) is 21.0. The van der Waals surface area contributed by atoms with Crippen molar-refractivity contribution in [2.45, 2.75) is 46.2 Å². The van der Waals surface area contributed by atoms with Gasteiger partial charge in [-0.1, -0.05) is 19.9 Å². The number of aromatic nitrogens is 1. The molecule has 3 unspecified atom stereocenters. The fourth-order valence-electron chi connectivity index (χ4n) is 4.18. The van der Waals surface area contributed by atoms with Crippen LogP contribution in [-0.2, 0) is 4.79 Å². The van der Waals surface area contributed by atoms with E-state index in [1.807, 2.05) is 42.2 Å². The Morgan fingerprint density at radius 3 is 2.57 bits per heavy atom. The molecule has 0 spiro atoms. The molecule has 2 N–H and O–H groups in total. The average Bonchev–Trinajstić information content (AvgIpc) is 2.68. The second kappa shape index (κ2) is 8.00. The van der Waals surface area contributed by atoms with Gasteiger partial charge in [0.1, 0.15) is 5.82 Å². The summed E-state index contributed by atoms with van der Waals surface area (Å²) in [5.41, 5.74) is 3.31. The zero-order valence-electron chi connectivity index (χ0n) is 17.1. The van der Waals surface area contributed by atoms with E-state index in [9.17, 15) is 9.59 Å². The lowest BCUT2D eigenvalue weighted by Gasteiger charge is -2.45. The Labute approximate surface area is 166 Å². The number of amides is 2. The van der Waals surface area contributed by atoms with Crippen molar-refractivity contribution in [3.05, 3.63) is 53.2 Å². The number of fused-ring (bicyclic) bond motifs is 1. The number of aryl methyl sites for hydroxylation is 1. The van der Waals surface area contributed by atoms with Crippen molar-refractivity contribution in [3.8, 4) is 0 Å². The largest absolute Gasteiger partial charge is 0.363 e. The van der Waals surface area contributed by atoms with E-state index in [1.165, 1.54) is 0 Å². The van der Waals surface area contributed by atoms with Crippen LogP contribution in [0.4, 0.5) is 11.5 Å². The number of nitrogens with zero attached hydrogens (tertiary/aromatic N) is 2. The molecule has 2 amide bonds. The van der Waals surface area contributed by atoms with Crippen LogP contribution < -0.4 is 15.5 Å². The molecule has 6 heteroatoms. The molecule has 0 aliphatic carbocycles. The molecule has 2 aromatic rings. The van der Waals surface area contributed by atoms with Crippen LogP contribution in [0.2, 0.25) is 0 Å². The highest BCUT2D eigenvalue weighted by Gasteiger charge is 2.40. The highest BCUT2D eigenvalue weighted by atomic mass is 16.2. The van der Waals surface area contributed by atoms with Crippen LogP contribution in [-0.4, -0.2) is 29.9 Å². The summed E-state index contributed by atoms with van der Waals surface area (Å²) >= 11 is 0. The monoisotopic (exact) mass is 380 g/mol. The number of anilines is 2. The first-order valence-electron chi connectivity index (χ1n) is 9.73. The first-order chi connectivity index (χ1) is 13.4. The molecular weight excluding hydrogens is 352 g/mol. The molecule has 1 aromatic carbocycles. The number of hydrogen-bond acceptors (Lipinski definition) is 4. The van der Waals surface area contributed by atoms with Gasteiger partial charge in [-0.3, -0.25) is 9.59 Å². The summed E-state index contributed by atoms with van der Waals surface area (Å²) in [6, 6.07) is 11.4. The molecule has 1 aromatic heterocycles. The molecule has 6 nitrogen and oxygen atoms in total. The van der Waals surface area contributed by atoms with Crippen LogP contribution in [0.15, 0.2) is 36.4 Å². The summed E-state index contributed by atoms with van der Waals surface area (Å²) in [7, 11) is 1.62. The van der Waals surface area contributed by atoms with Gasteiger partial charge in [0.05, 0.1) is 6.04 Å². The van der Waals surface area contributed by atoms with Crippen LogP contribution in [0.25, 0.3) is 0 Å². The van der Waals surface area contributed by atoms with Gasteiger partial charge in [-0.25, -0.2) is 4.98 Å². The number of benzene rings is 1. The highest BCUT2D eigenvalue weighted by Crippen LogP contribution is 2.43. The van der Waals surface area contributed by atoms with Crippen molar-refractivity contribution < 1.29 is 9.59 Å². The van der Waals surface area contributed by atoms with E-state index < -0.39 is 0 Å². The number of carbonyl (C=O) groups is 2. The minimum atomic E-state index is -0.144. The number of carbonyl (C=O) groups excluding carboxylic acids is 2. The molecule has 28 heavy (non-hydrogen) atoms. The Balaban J connectivity index is 2.13. The smallest absolute Gasteiger partial charge is 0.251 e. The number of nitrogens with one attached hydrogen (secondary N) is 2. The molecule has 0 saturated heterocycles. The van der Waals surface area contributed by atoms with Gasteiger partial charge in [0, 0.05) is 42.9 Å². The molecule has 148 valence electrons. The van der Waals surface area contributed by atoms with Gasteiger partial charge in [0.15, 0.2) is 0 Å². The number of rotatable bonds is 4. The lowest BCUT2D eigenvalue weighted by atomic mass is 9.80. The fraction of sp³-hybridized carbons (Fsp3) is 0.409. The predicted octanol–water partition coefficient (Wildman–Crippen LogP) is 3.68. The zero-order chi connectivity index (χ0) is 20.4. The van der Waals surface area contributed by atoms with Crippen LogP contribution in [0, 0.1) is 12.8 Å². The molecule has 0 radical (unpaired) electrons. The number of pyridine rings is 1. The molecule has 1 aliphatic rings. The van der Waals surface area contributed by atoms with E-state index >= 15 is 0 Å². The maximum Gasteiger partial charge on any atom is 0.251 e. The SMILES string of the molecule is CCC1C(C)C(Nc2cccc(C)n2)c2cc(C(=O)NC)ccc2N1C(C)=O. The minimum Gasteiger partial charge on any atom is -0.363 e. The maximum absolute atomic E-state index is 12.5. The van der Waals surface area contributed by atoms with Crippen molar-refractivity contribution >= 4 is 23.3 Å². The molecule has 1 aliphatic heterocycles. The maximum atomic E-state index is 12.5. The molecule has 3 atom stereocenters. The van der Waals surface area contributed by atoms with Crippen LogP contribution >= 0.6 is 0 Å². The first-order valence-corrected chi connectivity index (χ1v) is 9.73. The lowest BCUT2D eigenvalue weighted by Crippen LogP contribution is -2.49. The van der Waals surface area contributed by atoms with Gasteiger partial charge in [-0.15, -0.1) is 0 Å². The molecule has 0 saturated carbocycles. The summed E-state index contributed by atoms with van der Waals surface area (Å²) in [5.74, 6) is 0.803. The van der Waals surface area contributed by atoms with Gasteiger partial charge in [0.25, 0.3) is 5.91 Å². The fourth-order valence-corrected chi connectivity index (χ4v) is 4.18. The molecule has 2 heterocycles. The van der Waals surface area contributed by atoms with E-state index in [0.29, 0.717) is 5.56 Å². The summed E-state index contributed by atoms with van der Waals surface area (Å²) in [5, 5.41) is 6.23. The Morgan fingerprint density at radius 2 is 1.96 bits per heavy atom. The van der Waals surface area contributed by atoms with Crippen molar-refractivity contribution in [1.82, 2.24) is 10.3 Å². The second-order valence-electron chi connectivity index (χ2n) is 7.36. The molecular formula is C22H28N4O2. The Morgan fingerprint density at radius 1 is 1.21 bits per heavy atom. The molecule has 0 bridgehead atoms. The third-order valence-corrected chi connectivity index (χ3v) is 5.52. The third-order valence-electron chi connectivity index (χ3n) is 5.52. The van der Waals surface area contributed by atoms with E-state index in [2.05, 4.69) is 29.5 Å². The van der Waals surface area contributed by atoms with Crippen molar-refractivity contribution in [2.24, 2.45) is 5.92 Å². The molecule has 0 fully saturated rings. The number of hydrogen-bond donors (Lipinski definition) is 2. The first kappa shape index (κ1) is 19.9. The Hall–Kier alpha value is -2.89. The lowest BCUT2D eigenvalue weighted by molar-refractivity contribution is -0.117. The Bertz CT molecular complexity index is 896. The van der Waals surface area contributed by atoms with Crippen molar-refractivity contribution in [1.29, 1.82) is 0 Å². The minimum absolute atomic E-state index is 0.0137. The van der Waals surface area contributed by atoms with E-state index in [1.54, 1.807) is 20.0 Å². The quantitative estimate of drug-likeness (QED) is 0.848. The van der Waals surface area contributed by atoms with Gasteiger partial charge in [0.2, 0.25) is 5.91 Å². The Kier molecular flexibility index (Phi) is 5.68. The second-order valence-corrected chi connectivity index (χ2v) is 7.36. The summed E-state index contributed by atoms with van der Waals surface area (Å²) < 4.78 is 0. The van der Waals surface area contributed by atoms with E-state index in [4.69, 9.17) is 0 Å². The van der Waals surface area contributed by atoms with Gasteiger partial charge in [-0.05, 0) is 49.2 Å². The standard InChI is InChI=1S/C22H28N4O2/c1-6-18-14(3)21(25-20-9-7-8-13(2)24-20)17-12-16(22(28)23-5)10-11-19(17)26(18)15(4)27/h7-12,14,18,21H,6H2,1-5H3,(H,23,28)(H,24,25). The van der Waals surface area contributed by atoms with E-state index in [-0.39, 0.29) is 29.8 Å². The topological polar surface area (TPSA) is 74.3 Å². The van der Waals surface area contributed by atoms with Crippen LogP contribution in [0.1, 0.15) is 54.8 Å². The summed E-state index contributed by atoms with van der Waals surface area (Å²) in [6.07, 6.45) is 0.844. The van der Waals surface area contributed by atoms with Crippen molar-refractivity contribution in [3.63, 3.8) is 0 Å². The highest BCUT2D eigenvalue weighted by molar-refractivity contribution is 5.97. The zero-order valence-corrected chi connectivity index (χ0v) is 17.1. The summed E-state index contributed by atoms with van der Waals surface area (Å²) in [4.78, 5) is 31.1.